The number of carbonyl (C=O) groups excluding carboxylic acids is 1. The molecule has 0 aromatic carbocycles. The molecule has 1 aliphatic heterocycles. The molecule has 2 fully saturated rings. The highest BCUT2D eigenvalue weighted by Crippen LogP contribution is 2.45. The van der Waals surface area contributed by atoms with Crippen LogP contribution < -0.4 is 0 Å². The summed E-state index contributed by atoms with van der Waals surface area (Å²) in [5, 5.41) is 24.5. The van der Waals surface area contributed by atoms with E-state index in [9.17, 15) is 33.1 Å². The van der Waals surface area contributed by atoms with Crippen molar-refractivity contribution in [1.29, 1.82) is 5.26 Å². The van der Waals surface area contributed by atoms with Gasteiger partial charge in [-0.1, -0.05) is 19.6 Å². The molecule has 0 spiro atoms. The summed E-state index contributed by atoms with van der Waals surface area (Å²) in [7, 11) is -1.20. The topological polar surface area (TPSA) is 168 Å². The molecule has 1 amide bonds. The molecule has 1 saturated carbocycles. The first-order valence-electron chi connectivity index (χ1n) is 16.2. The van der Waals surface area contributed by atoms with Crippen LogP contribution in [0, 0.1) is 11.3 Å². The van der Waals surface area contributed by atoms with E-state index in [1.165, 1.54) is 11.2 Å². The molecule has 1 aliphatic carbocycles. The van der Waals surface area contributed by atoms with Crippen molar-refractivity contribution in [3.8, 4) is 17.3 Å². The number of fused-ring (bicyclic) bond motifs is 1. The fourth-order valence-electron chi connectivity index (χ4n) is 6.46. The molecular weight excluding hydrogens is 673 g/mol. The van der Waals surface area contributed by atoms with Crippen molar-refractivity contribution in [2.75, 3.05) is 32.8 Å². The maximum Gasteiger partial charge on any atom is 0.451 e. The van der Waals surface area contributed by atoms with Gasteiger partial charge in [-0.25, -0.2) is 24.7 Å². The van der Waals surface area contributed by atoms with Crippen molar-refractivity contribution in [3.05, 3.63) is 54.3 Å². The molecule has 50 heavy (non-hydrogen) atoms. The zero-order valence-electron chi connectivity index (χ0n) is 27.9. The number of carboxylic acid groups (broad SMARTS) is 1. The Morgan fingerprint density at radius 1 is 1.12 bits per heavy atom. The zero-order chi connectivity index (χ0) is 35.8. The third-order valence-electron chi connectivity index (χ3n) is 9.30. The zero-order valence-corrected chi connectivity index (χ0v) is 28.9. The van der Waals surface area contributed by atoms with E-state index in [4.69, 9.17) is 4.74 Å². The number of aromatic carboxylic acids is 1. The summed E-state index contributed by atoms with van der Waals surface area (Å²) in [5.41, 5.74) is 0.230. The second-order valence-electron chi connectivity index (χ2n) is 14.0. The van der Waals surface area contributed by atoms with Gasteiger partial charge in [0.1, 0.15) is 24.4 Å². The van der Waals surface area contributed by atoms with Crippen LogP contribution in [0.25, 0.3) is 22.3 Å². The maximum atomic E-state index is 13.3. The Balaban J connectivity index is 1.10. The maximum absolute atomic E-state index is 13.3. The van der Waals surface area contributed by atoms with Crippen LogP contribution in [-0.2, 0) is 23.2 Å². The van der Waals surface area contributed by atoms with E-state index in [1.807, 2.05) is 27.7 Å². The van der Waals surface area contributed by atoms with Crippen LogP contribution in [-0.4, -0.2) is 108 Å². The number of halogens is 3. The largest absolute Gasteiger partial charge is 0.477 e. The number of nitriles is 1. The van der Waals surface area contributed by atoms with Crippen LogP contribution >= 0.6 is 0 Å². The Morgan fingerprint density at radius 2 is 1.84 bits per heavy atom. The highest BCUT2D eigenvalue weighted by Gasteiger charge is 2.49. The van der Waals surface area contributed by atoms with E-state index in [0.29, 0.717) is 39.3 Å². The smallest absolute Gasteiger partial charge is 0.451 e. The SMILES string of the molecule is C[Si](C)(C)CCOCn1ccc2c(-c3cnn([C@]4(CC#N)C[C@@H](N5CCN(C(=O)c6cc(C(=O)O)nc(C(F)(F)F)n6)CC5)C4)c3)ncnc21. The number of hydrogen-bond donors (Lipinski definition) is 1. The third-order valence-corrected chi connectivity index (χ3v) is 11.0. The highest BCUT2D eigenvalue weighted by atomic mass is 28.3. The van der Waals surface area contributed by atoms with Gasteiger partial charge in [-0.2, -0.15) is 23.5 Å². The van der Waals surface area contributed by atoms with Crippen molar-refractivity contribution in [1.82, 2.24) is 44.1 Å². The van der Waals surface area contributed by atoms with E-state index in [-0.39, 0.29) is 25.6 Å². The van der Waals surface area contributed by atoms with Gasteiger partial charge in [-0.15, -0.1) is 0 Å². The Labute approximate surface area is 286 Å². The molecule has 264 valence electrons. The van der Waals surface area contributed by atoms with Gasteiger partial charge in [0, 0.05) is 76.3 Å². The van der Waals surface area contributed by atoms with Crippen molar-refractivity contribution in [2.24, 2.45) is 0 Å². The first-order chi connectivity index (χ1) is 23.7. The Hall–Kier alpha value is -4.73. The predicted molar refractivity (Wildman–Crippen MR) is 176 cm³/mol. The lowest BCUT2D eigenvalue weighted by Crippen LogP contribution is -2.60. The minimum absolute atomic E-state index is 0.100. The third kappa shape index (κ3) is 7.25. The molecule has 1 N–H and O–H groups in total. The van der Waals surface area contributed by atoms with Crippen LogP contribution in [0.2, 0.25) is 25.7 Å². The molecule has 2 aliphatic rings. The number of alkyl halides is 3. The van der Waals surface area contributed by atoms with E-state index in [2.05, 4.69) is 55.6 Å². The minimum atomic E-state index is -5.01. The fraction of sp³-hybridized carbons (Fsp3) is 0.500. The lowest BCUT2D eigenvalue weighted by Gasteiger charge is -2.52. The summed E-state index contributed by atoms with van der Waals surface area (Å²) in [6, 6.07) is 6.21. The number of ether oxygens (including phenoxy) is 1. The molecule has 1 saturated heterocycles. The number of amides is 1. The molecule has 0 radical (unpaired) electrons. The van der Waals surface area contributed by atoms with Gasteiger partial charge in [0.25, 0.3) is 5.91 Å². The average Bonchev–Trinajstić information content (AvgIpc) is 3.71. The van der Waals surface area contributed by atoms with Gasteiger partial charge in [0.2, 0.25) is 5.82 Å². The minimum Gasteiger partial charge on any atom is -0.477 e. The molecule has 14 nitrogen and oxygen atoms in total. The van der Waals surface area contributed by atoms with Crippen LogP contribution in [0.3, 0.4) is 0 Å². The Kier molecular flexibility index (Phi) is 9.50. The normalized spacial score (nSPS) is 20.1. The molecule has 0 unspecified atom stereocenters. The second-order valence-corrected chi connectivity index (χ2v) is 19.6. The summed E-state index contributed by atoms with van der Waals surface area (Å²) < 4.78 is 49.6. The summed E-state index contributed by atoms with van der Waals surface area (Å²) in [5.74, 6) is -4.16. The Bertz CT molecular complexity index is 1940. The second kappa shape index (κ2) is 13.5. The van der Waals surface area contributed by atoms with E-state index in [1.54, 1.807) is 6.20 Å². The lowest BCUT2D eigenvalue weighted by atomic mass is 9.70. The summed E-state index contributed by atoms with van der Waals surface area (Å²) in [4.78, 5) is 43.4. The summed E-state index contributed by atoms with van der Waals surface area (Å²) in [6.45, 7) is 9.34. The number of carboxylic acids is 1. The molecule has 6 rings (SSSR count). The molecule has 0 bridgehead atoms. The van der Waals surface area contributed by atoms with Crippen molar-refractivity contribution in [2.45, 2.75) is 69.4 Å². The number of nitrogens with zero attached hydrogens (tertiary/aromatic N) is 10. The first kappa shape index (κ1) is 35.1. The van der Waals surface area contributed by atoms with Crippen molar-refractivity contribution >= 4 is 31.0 Å². The van der Waals surface area contributed by atoms with Gasteiger partial charge in [0.05, 0.1) is 29.9 Å². The van der Waals surface area contributed by atoms with E-state index < -0.39 is 48.9 Å². The highest BCUT2D eigenvalue weighted by molar-refractivity contribution is 6.76. The van der Waals surface area contributed by atoms with Gasteiger partial charge in [-0.3, -0.25) is 14.4 Å². The fourth-order valence-corrected chi connectivity index (χ4v) is 7.22. The molecule has 18 heteroatoms. The number of rotatable bonds is 11. The van der Waals surface area contributed by atoms with Gasteiger partial charge >= 0.3 is 12.1 Å². The van der Waals surface area contributed by atoms with Gasteiger partial charge < -0.3 is 19.3 Å². The predicted octanol–water partition coefficient (Wildman–Crippen LogP) is 4.34. The number of piperazine rings is 1. The van der Waals surface area contributed by atoms with Crippen molar-refractivity contribution < 1.29 is 32.6 Å². The van der Waals surface area contributed by atoms with Crippen LogP contribution in [0.15, 0.2) is 37.1 Å². The number of aromatic nitrogens is 7. The summed E-state index contributed by atoms with van der Waals surface area (Å²) in [6.07, 6.45) is 3.63. The van der Waals surface area contributed by atoms with E-state index >= 15 is 0 Å². The quantitative estimate of drug-likeness (QED) is 0.174. The molecule has 5 heterocycles. The summed E-state index contributed by atoms with van der Waals surface area (Å²) >= 11 is 0. The molecular formula is C32H37F3N10O4Si. The standard InChI is InChI=1S/C32H37F3N10O4Si/c1-50(2,3)13-12-49-20-44-7-4-23-26(37-19-38-27(23)44)21-17-39-45(18-21)31(5-6-36)15-22(16-31)42-8-10-43(11-9-42)28(46)24-14-25(29(47)48)41-30(40-24)32(33,34)35/h4,7,14,17-19,22H,5,8-13,15-16,20H2,1-3H3,(H,47,48)/t22-,31-. The average molecular weight is 711 g/mol. The van der Waals surface area contributed by atoms with E-state index in [0.717, 1.165) is 34.4 Å². The Morgan fingerprint density at radius 3 is 2.50 bits per heavy atom. The number of carbonyl (C=O) groups is 2. The van der Waals surface area contributed by atoms with Crippen LogP contribution in [0.4, 0.5) is 13.2 Å². The van der Waals surface area contributed by atoms with Crippen LogP contribution in [0.5, 0.6) is 0 Å². The molecule has 4 aromatic heterocycles. The first-order valence-corrected chi connectivity index (χ1v) is 19.9. The molecule has 0 atom stereocenters. The molecule has 4 aromatic rings. The van der Waals surface area contributed by atoms with Crippen molar-refractivity contribution in [3.63, 3.8) is 0 Å². The van der Waals surface area contributed by atoms with Crippen LogP contribution in [0.1, 0.15) is 46.1 Å². The van der Waals surface area contributed by atoms with Gasteiger partial charge in [0.15, 0.2) is 5.69 Å². The number of hydrogen-bond acceptors (Lipinski definition) is 10. The van der Waals surface area contributed by atoms with Gasteiger partial charge in [-0.05, 0) is 25.0 Å². The lowest BCUT2D eigenvalue weighted by molar-refractivity contribution is -0.145. The monoisotopic (exact) mass is 710 g/mol.